The molecular formula is C18H16F2N2O3. The molecular weight excluding hydrogens is 330 g/mol. The molecule has 2 aromatic rings. The minimum Gasteiger partial charge on any atom is -0.478 e. The van der Waals surface area contributed by atoms with Gasteiger partial charge in [0.2, 0.25) is 5.91 Å². The van der Waals surface area contributed by atoms with Crippen molar-refractivity contribution in [3.05, 3.63) is 66.2 Å². The lowest BCUT2D eigenvalue weighted by Crippen LogP contribution is -2.13. The monoisotopic (exact) mass is 346 g/mol. The van der Waals surface area contributed by atoms with Gasteiger partial charge in [0.25, 0.3) is 5.92 Å². The molecule has 0 aromatic heterocycles. The molecule has 2 aromatic carbocycles. The lowest BCUT2D eigenvalue weighted by atomic mass is 10.1. The summed E-state index contributed by atoms with van der Waals surface area (Å²) >= 11 is 0. The maximum absolute atomic E-state index is 13.4. The van der Waals surface area contributed by atoms with Crippen molar-refractivity contribution < 1.29 is 23.5 Å². The van der Waals surface area contributed by atoms with Crippen LogP contribution >= 0.6 is 0 Å². The first kappa shape index (κ1) is 18.1. The molecule has 3 N–H and O–H groups in total. The molecule has 130 valence electrons. The summed E-state index contributed by atoms with van der Waals surface area (Å²) < 4.78 is 26.9. The fourth-order valence-electron chi connectivity index (χ4n) is 2.20. The number of anilines is 3. The van der Waals surface area contributed by atoms with Crippen LogP contribution in [0.15, 0.2) is 55.1 Å². The highest BCUT2D eigenvalue weighted by molar-refractivity contribution is 6.07. The molecule has 25 heavy (non-hydrogen) atoms. The number of halogens is 2. The Balaban J connectivity index is 2.43. The molecule has 0 aliphatic rings. The molecule has 0 heterocycles. The number of aromatic carboxylic acids is 1. The smallest absolute Gasteiger partial charge is 0.339 e. The Morgan fingerprint density at radius 1 is 1.16 bits per heavy atom. The van der Waals surface area contributed by atoms with Gasteiger partial charge in [-0.15, -0.1) is 0 Å². The average molecular weight is 346 g/mol. The van der Waals surface area contributed by atoms with Crippen LogP contribution in [0, 0.1) is 0 Å². The Kier molecular flexibility index (Phi) is 5.17. The van der Waals surface area contributed by atoms with Gasteiger partial charge < -0.3 is 15.7 Å². The van der Waals surface area contributed by atoms with Crippen LogP contribution in [0.2, 0.25) is 0 Å². The van der Waals surface area contributed by atoms with Crippen LogP contribution in [0.1, 0.15) is 22.8 Å². The van der Waals surface area contributed by atoms with Gasteiger partial charge >= 0.3 is 5.97 Å². The van der Waals surface area contributed by atoms with Crippen LogP contribution in [0.25, 0.3) is 0 Å². The van der Waals surface area contributed by atoms with E-state index in [2.05, 4.69) is 17.2 Å². The highest BCUT2D eigenvalue weighted by Crippen LogP contribution is 2.31. The lowest BCUT2D eigenvalue weighted by molar-refractivity contribution is -0.111. The maximum atomic E-state index is 13.4. The van der Waals surface area contributed by atoms with E-state index in [9.17, 15) is 23.5 Å². The van der Waals surface area contributed by atoms with Gasteiger partial charge in [-0.25, -0.2) is 13.6 Å². The highest BCUT2D eigenvalue weighted by Gasteiger charge is 2.24. The van der Waals surface area contributed by atoms with Crippen molar-refractivity contribution in [3.63, 3.8) is 0 Å². The van der Waals surface area contributed by atoms with Crippen molar-refractivity contribution in [1.82, 2.24) is 0 Å². The fraction of sp³-hybridized carbons (Fsp3) is 0.111. The Morgan fingerprint density at radius 3 is 2.40 bits per heavy atom. The summed E-state index contributed by atoms with van der Waals surface area (Å²) in [5, 5.41) is 14.7. The van der Waals surface area contributed by atoms with E-state index >= 15 is 0 Å². The number of hydrogen-bond acceptors (Lipinski definition) is 3. The number of carboxylic acids is 1. The first-order chi connectivity index (χ1) is 11.7. The van der Waals surface area contributed by atoms with E-state index in [-0.39, 0.29) is 22.5 Å². The van der Waals surface area contributed by atoms with E-state index in [4.69, 9.17) is 0 Å². The van der Waals surface area contributed by atoms with Gasteiger partial charge in [-0.2, -0.15) is 0 Å². The first-order valence-corrected chi connectivity index (χ1v) is 7.27. The summed E-state index contributed by atoms with van der Waals surface area (Å²) in [6.45, 7) is 4.09. The molecule has 0 aliphatic heterocycles. The number of carbonyl (C=O) groups is 2. The van der Waals surface area contributed by atoms with Gasteiger partial charge in [0.1, 0.15) is 5.56 Å². The Hall–Kier alpha value is -3.22. The van der Waals surface area contributed by atoms with E-state index in [0.29, 0.717) is 5.69 Å². The minimum absolute atomic E-state index is 0.0689. The van der Waals surface area contributed by atoms with Crippen LogP contribution in [0.3, 0.4) is 0 Å². The van der Waals surface area contributed by atoms with E-state index in [1.165, 1.54) is 42.5 Å². The third-order valence-electron chi connectivity index (χ3n) is 3.37. The van der Waals surface area contributed by atoms with Crippen molar-refractivity contribution in [3.8, 4) is 0 Å². The third kappa shape index (κ3) is 4.41. The van der Waals surface area contributed by atoms with Gasteiger partial charge in [-0.3, -0.25) is 4.79 Å². The van der Waals surface area contributed by atoms with Crippen LogP contribution in [-0.2, 0) is 10.7 Å². The zero-order chi connectivity index (χ0) is 18.6. The lowest BCUT2D eigenvalue weighted by Gasteiger charge is -2.16. The van der Waals surface area contributed by atoms with E-state index in [1.807, 2.05) is 0 Å². The van der Waals surface area contributed by atoms with Crippen molar-refractivity contribution in [2.24, 2.45) is 0 Å². The fourth-order valence-corrected chi connectivity index (χ4v) is 2.20. The van der Waals surface area contributed by atoms with Gasteiger partial charge in [-0.1, -0.05) is 24.8 Å². The largest absolute Gasteiger partial charge is 0.478 e. The molecule has 0 bridgehead atoms. The zero-order valence-corrected chi connectivity index (χ0v) is 13.3. The summed E-state index contributed by atoms with van der Waals surface area (Å²) in [7, 11) is 0. The van der Waals surface area contributed by atoms with Crippen molar-refractivity contribution in [1.29, 1.82) is 0 Å². The predicted molar refractivity (Wildman–Crippen MR) is 91.5 cm³/mol. The average Bonchev–Trinajstić information content (AvgIpc) is 2.54. The van der Waals surface area contributed by atoms with Gasteiger partial charge in [0.15, 0.2) is 0 Å². The van der Waals surface area contributed by atoms with Crippen molar-refractivity contribution >= 4 is 28.9 Å². The Morgan fingerprint density at radius 2 is 1.80 bits per heavy atom. The van der Waals surface area contributed by atoms with Gasteiger partial charge in [0, 0.05) is 18.2 Å². The van der Waals surface area contributed by atoms with Crippen LogP contribution in [0.4, 0.5) is 25.8 Å². The highest BCUT2D eigenvalue weighted by atomic mass is 19.3. The second-order valence-corrected chi connectivity index (χ2v) is 5.32. The molecule has 0 saturated carbocycles. The molecule has 0 spiro atoms. The van der Waals surface area contributed by atoms with Crippen molar-refractivity contribution in [2.75, 3.05) is 10.6 Å². The summed E-state index contributed by atoms with van der Waals surface area (Å²) in [5.74, 6) is -4.86. The van der Waals surface area contributed by atoms with Crippen molar-refractivity contribution in [2.45, 2.75) is 12.8 Å². The number of rotatable bonds is 6. The molecule has 2 rings (SSSR count). The predicted octanol–water partition coefficient (Wildman–Crippen LogP) is 4.36. The van der Waals surface area contributed by atoms with E-state index in [0.717, 1.165) is 13.0 Å². The van der Waals surface area contributed by atoms with Crippen LogP contribution in [-0.4, -0.2) is 17.0 Å². The molecule has 0 aliphatic carbocycles. The first-order valence-electron chi connectivity index (χ1n) is 7.27. The zero-order valence-electron chi connectivity index (χ0n) is 13.3. The topological polar surface area (TPSA) is 78.4 Å². The summed E-state index contributed by atoms with van der Waals surface area (Å²) in [5.41, 5.74) is 0.135. The van der Waals surface area contributed by atoms with E-state index < -0.39 is 17.8 Å². The number of nitrogens with one attached hydrogen (secondary N) is 2. The van der Waals surface area contributed by atoms with Crippen LogP contribution < -0.4 is 10.6 Å². The molecule has 0 radical (unpaired) electrons. The molecule has 0 atom stereocenters. The number of hydrogen-bond donors (Lipinski definition) is 3. The third-order valence-corrected chi connectivity index (χ3v) is 3.37. The van der Waals surface area contributed by atoms with Crippen LogP contribution in [0.5, 0.6) is 0 Å². The Labute approximate surface area is 143 Å². The summed E-state index contributed by atoms with van der Waals surface area (Å²) in [6.07, 6.45) is 1.01. The standard InChI is InChI=1S/C18H16F2N2O3/c1-3-15(23)22-14-9-5-8-13(16(14)17(24)25)21-12-7-4-6-11(10-12)18(2,19)20/h3-10,21H,1H2,2H3,(H,22,23)(H,24,25). The molecule has 1 amide bonds. The van der Waals surface area contributed by atoms with Gasteiger partial charge in [-0.05, 0) is 30.3 Å². The second kappa shape index (κ2) is 7.12. The molecule has 5 nitrogen and oxygen atoms in total. The SMILES string of the molecule is C=CC(=O)Nc1cccc(Nc2cccc(C(C)(F)F)c2)c1C(=O)O. The second-order valence-electron chi connectivity index (χ2n) is 5.32. The summed E-state index contributed by atoms with van der Waals surface area (Å²) in [4.78, 5) is 23.0. The number of amides is 1. The minimum atomic E-state index is -3.02. The number of carboxylic acid groups (broad SMARTS) is 1. The Bertz CT molecular complexity index is 829. The number of carbonyl (C=O) groups excluding carboxylic acids is 1. The number of benzene rings is 2. The molecule has 0 unspecified atom stereocenters. The molecule has 7 heteroatoms. The van der Waals surface area contributed by atoms with Gasteiger partial charge in [0.05, 0.1) is 11.4 Å². The maximum Gasteiger partial charge on any atom is 0.339 e. The van der Waals surface area contributed by atoms with E-state index in [1.54, 1.807) is 0 Å². The quantitative estimate of drug-likeness (QED) is 0.679. The normalized spacial score (nSPS) is 10.8. The number of alkyl halides is 2. The molecule has 0 saturated heterocycles. The molecule has 0 fully saturated rings. The summed E-state index contributed by atoms with van der Waals surface area (Å²) in [6, 6.07) is 9.93.